The Hall–Kier alpha value is -5.93. The van der Waals surface area contributed by atoms with E-state index in [0.29, 0.717) is 29.4 Å². The molecule has 5 aromatic heterocycles. The van der Waals surface area contributed by atoms with Crippen molar-refractivity contribution in [2.24, 2.45) is 0 Å². The topological polar surface area (TPSA) is 156 Å². The first-order valence-electron chi connectivity index (χ1n) is 16.1. The number of aromatic nitrogens is 7. The molecular formula is C36H33N11O. The van der Waals surface area contributed by atoms with Crippen molar-refractivity contribution < 1.29 is 4.74 Å². The first kappa shape index (κ1) is 29.5. The van der Waals surface area contributed by atoms with Crippen molar-refractivity contribution in [1.82, 2.24) is 39.4 Å². The average molecular weight is 636 g/mol. The highest BCUT2D eigenvalue weighted by molar-refractivity contribution is 5.86. The summed E-state index contributed by atoms with van der Waals surface area (Å²) in [6.45, 7) is 2.77. The number of benzene rings is 1. The van der Waals surface area contributed by atoms with Gasteiger partial charge in [0.05, 0.1) is 18.0 Å². The Labute approximate surface area is 277 Å². The number of nitrogens with two attached hydrogens (primary N) is 1. The molecule has 0 spiro atoms. The molecule has 2 fully saturated rings. The van der Waals surface area contributed by atoms with E-state index in [2.05, 4.69) is 54.4 Å². The van der Waals surface area contributed by atoms with E-state index in [1.807, 2.05) is 53.0 Å². The maximum Gasteiger partial charge on any atom is 0.234 e. The van der Waals surface area contributed by atoms with E-state index < -0.39 is 0 Å². The number of hydrogen-bond acceptors (Lipinski definition) is 11. The van der Waals surface area contributed by atoms with Crippen LogP contribution in [-0.2, 0) is 6.54 Å². The Kier molecular flexibility index (Phi) is 7.79. The average Bonchev–Trinajstić information content (AvgIpc) is 3.87. The second kappa shape index (κ2) is 12.7. The number of nitriles is 1. The Morgan fingerprint density at radius 1 is 0.875 bits per heavy atom. The molecule has 6 aromatic rings. The maximum absolute atomic E-state index is 9.09. The highest BCUT2D eigenvalue weighted by Gasteiger charge is 2.24. The predicted octanol–water partition coefficient (Wildman–Crippen LogP) is 5.38. The fraction of sp³-hybridized carbons (Fsp3) is 0.250. The molecule has 48 heavy (non-hydrogen) atoms. The molecule has 12 nitrogen and oxygen atoms in total. The van der Waals surface area contributed by atoms with Crippen LogP contribution in [0.15, 0.2) is 85.3 Å². The van der Waals surface area contributed by atoms with Gasteiger partial charge in [0.2, 0.25) is 5.82 Å². The fourth-order valence-electron chi connectivity index (χ4n) is 6.08. The number of nitrogen functional groups attached to an aromatic ring is 1. The summed E-state index contributed by atoms with van der Waals surface area (Å²) in [4.78, 5) is 24.6. The summed E-state index contributed by atoms with van der Waals surface area (Å²) in [5, 5.41) is 17.6. The van der Waals surface area contributed by atoms with Gasteiger partial charge in [0.15, 0.2) is 5.65 Å². The lowest BCUT2D eigenvalue weighted by atomic mass is 10.0. The van der Waals surface area contributed by atoms with Gasteiger partial charge in [-0.3, -0.25) is 9.88 Å². The van der Waals surface area contributed by atoms with Crippen molar-refractivity contribution in [3.63, 3.8) is 0 Å². The lowest BCUT2D eigenvalue weighted by Crippen LogP contribution is -2.38. The molecule has 1 saturated heterocycles. The minimum Gasteiger partial charge on any atom is -0.489 e. The molecule has 238 valence electrons. The molecule has 3 N–H and O–H groups in total. The van der Waals surface area contributed by atoms with Crippen LogP contribution in [-0.4, -0.2) is 64.7 Å². The van der Waals surface area contributed by atoms with Gasteiger partial charge in [-0.2, -0.15) is 10.4 Å². The van der Waals surface area contributed by atoms with E-state index in [4.69, 9.17) is 25.8 Å². The van der Waals surface area contributed by atoms with Gasteiger partial charge in [0, 0.05) is 49.2 Å². The largest absolute Gasteiger partial charge is 0.489 e. The molecule has 0 radical (unpaired) electrons. The predicted molar refractivity (Wildman–Crippen MR) is 182 cm³/mol. The van der Waals surface area contributed by atoms with Gasteiger partial charge < -0.3 is 15.8 Å². The first-order chi connectivity index (χ1) is 23.6. The Balaban J connectivity index is 1.03. The molecule has 1 aliphatic heterocycles. The molecule has 1 aromatic carbocycles. The Bertz CT molecular complexity index is 2110. The molecule has 1 aliphatic carbocycles. The highest BCUT2D eigenvalue weighted by atomic mass is 16.5. The molecule has 0 atom stereocenters. The van der Waals surface area contributed by atoms with Crippen molar-refractivity contribution in [3.05, 3.63) is 96.7 Å². The van der Waals surface area contributed by atoms with Crippen molar-refractivity contribution in [3.8, 4) is 45.7 Å². The third-order valence-electron chi connectivity index (χ3n) is 8.73. The van der Waals surface area contributed by atoms with Gasteiger partial charge in [-0.1, -0.05) is 24.3 Å². The SMILES string of the molecule is N#Cc1nccc(NC2CCN(Cc3ccc(-c4c(-c5cccnc5N)nc5ccc(-c6ccc(OC7CC7)cn6)nn45)cc3)CC2)n1. The van der Waals surface area contributed by atoms with Gasteiger partial charge in [0.25, 0.3) is 0 Å². The number of ether oxygens (including phenoxy) is 1. The quantitative estimate of drug-likeness (QED) is 0.210. The van der Waals surface area contributed by atoms with E-state index in [1.54, 1.807) is 18.6 Å². The van der Waals surface area contributed by atoms with Crippen LogP contribution in [0.3, 0.4) is 0 Å². The summed E-state index contributed by atoms with van der Waals surface area (Å²) in [6.07, 6.45) is 9.55. The number of hydrogen-bond donors (Lipinski definition) is 2. The van der Waals surface area contributed by atoms with Crippen LogP contribution in [0.4, 0.5) is 11.6 Å². The minimum absolute atomic E-state index is 0.179. The van der Waals surface area contributed by atoms with E-state index >= 15 is 0 Å². The van der Waals surface area contributed by atoms with Gasteiger partial charge in [0.1, 0.15) is 40.5 Å². The lowest BCUT2D eigenvalue weighted by Gasteiger charge is -2.32. The summed E-state index contributed by atoms with van der Waals surface area (Å²) < 4.78 is 7.76. The van der Waals surface area contributed by atoms with Gasteiger partial charge in [-0.25, -0.2) is 24.5 Å². The number of imidazole rings is 1. The standard InChI is InChI=1S/C36H33N11O/c37-20-32-39-17-13-31(43-32)42-25-14-18-46(19-15-25)22-23-3-5-24(6-4-23)35-34(28-2-1-16-40-36(28)38)44-33-12-11-30(45-47(33)35)29-10-9-27(21-41-29)48-26-7-8-26/h1-6,9-13,16-17,21,25-26H,7-8,14-15,18-19,22H2,(H2,38,40)(H,39,42,43). The van der Waals surface area contributed by atoms with E-state index in [1.165, 1.54) is 5.56 Å². The van der Waals surface area contributed by atoms with Crippen molar-refractivity contribution in [2.45, 2.75) is 44.4 Å². The number of nitrogens with zero attached hydrogens (tertiary/aromatic N) is 9. The van der Waals surface area contributed by atoms with Crippen LogP contribution >= 0.6 is 0 Å². The number of pyridine rings is 2. The summed E-state index contributed by atoms with van der Waals surface area (Å²) in [6, 6.07) is 24.3. The Morgan fingerprint density at radius 3 is 2.46 bits per heavy atom. The number of likely N-dealkylation sites (tertiary alicyclic amines) is 1. The van der Waals surface area contributed by atoms with Gasteiger partial charge in [-0.05, 0) is 73.7 Å². The van der Waals surface area contributed by atoms with Crippen molar-refractivity contribution in [1.29, 1.82) is 5.26 Å². The van der Waals surface area contributed by atoms with Crippen LogP contribution in [0.2, 0.25) is 0 Å². The van der Waals surface area contributed by atoms with Gasteiger partial charge >= 0.3 is 0 Å². The van der Waals surface area contributed by atoms with Crippen molar-refractivity contribution >= 4 is 17.3 Å². The zero-order valence-electron chi connectivity index (χ0n) is 26.2. The van der Waals surface area contributed by atoms with E-state index in [0.717, 1.165) is 85.0 Å². The summed E-state index contributed by atoms with van der Waals surface area (Å²) >= 11 is 0. The molecule has 0 unspecified atom stereocenters. The summed E-state index contributed by atoms with van der Waals surface area (Å²) in [5.41, 5.74) is 13.0. The molecule has 2 aliphatic rings. The van der Waals surface area contributed by atoms with Gasteiger partial charge in [-0.15, -0.1) is 0 Å². The number of rotatable bonds is 9. The molecule has 12 heteroatoms. The molecule has 6 heterocycles. The first-order valence-corrected chi connectivity index (χ1v) is 16.1. The molecular weight excluding hydrogens is 602 g/mol. The fourth-order valence-corrected chi connectivity index (χ4v) is 6.08. The minimum atomic E-state index is 0.179. The molecule has 1 saturated carbocycles. The smallest absolute Gasteiger partial charge is 0.234 e. The number of piperidine rings is 1. The number of anilines is 2. The van der Waals surface area contributed by atoms with Crippen molar-refractivity contribution in [2.75, 3.05) is 24.1 Å². The van der Waals surface area contributed by atoms with E-state index in [9.17, 15) is 0 Å². The van der Waals surface area contributed by atoms with Crippen LogP contribution in [0.25, 0.3) is 39.5 Å². The van der Waals surface area contributed by atoms with E-state index in [-0.39, 0.29) is 5.82 Å². The van der Waals surface area contributed by atoms with Crippen LogP contribution < -0.4 is 15.8 Å². The number of fused-ring (bicyclic) bond motifs is 1. The lowest BCUT2D eigenvalue weighted by molar-refractivity contribution is 0.211. The summed E-state index contributed by atoms with van der Waals surface area (Å²) in [5.74, 6) is 2.07. The molecule has 8 rings (SSSR count). The zero-order valence-corrected chi connectivity index (χ0v) is 26.2. The molecule has 0 bridgehead atoms. The normalized spacial score (nSPS) is 15.3. The third-order valence-corrected chi connectivity index (χ3v) is 8.73. The second-order valence-corrected chi connectivity index (χ2v) is 12.2. The third kappa shape index (κ3) is 6.23. The monoisotopic (exact) mass is 635 g/mol. The summed E-state index contributed by atoms with van der Waals surface area (Å²) in [7, 11) is 0. The maximum atomic E-state index is 9.09. The highest BCUT2D eigenvalue weighted by Crippen LogP contribution is 2.35. The number of nitrogens with one attached hydrogen (secondary N) is 1. The van der Waals surface area contributed by atoms with Crippen LogP contribution in [0.5, 0.6) is 5.75 Å². The van der Waals surface area contributed by atoms with Crippen LogP contribution in [0, 0.1) is 11.3 Å². The second-order valence-electron chi connectivity index (χ2n) is 12.2. The zero-order chi connectivity index (χ0) is 32.5. The molecule has 0 amide bonds. The van der Waals surface area contributed by atoms with Crippen LogP contribution in [0.1, 0.15) is 37.1 Å². The Morgan fingerprint density at radius 2 is 1.71 bits per heavy atom.